The molecule has 1 saturated heterocycles. The number of rotatable bonds is 3. The number of alkyl carbamates (subject to hydrolysis) is 1. The van der Waals surface area contributed by atoms with Crippen molar-refractivity contribution < 1.29 is 9.53 Å². The van der Waals surface area contributed by atoms with Crippen molar-refractivity contribution in [3.63, 3.8) is 0 Å². The molecule has 0 aromatic carbocycles. The summed E-state index contributed by atoms with van der Waals surface area (Å²) < 4.78 is 5.37. The maximum absolute atomic E-state index is 12.0. The first-order valence-electron chi connectivity index (χ1n) is 10.4. The lowest BCUT2D eigenvalue weighted by molar-refractivity contribution is 0.0517. The Morgan fingerprint density at radius 3 is 2.93 bits per heavy atom. The zero-order chi connectivity index (χ0) is 19.7. The van der Waals surface area contributed by atoms with E-state index >= 15 is 0 Å². The molecule has 0 bridgehead atoms. The summed E-state index contributed by atoms with van der Waals surface area (Å²) in [6.45, 7) is 8.22. The predicted molar refractivity (Wildman–Crippen MR) is 113 cm³/mol. The quantitative estimate of drug-likeness (QED) is 0.828. The second-order valence-electron chi connectivity index (χ2n) is 8.93. The highest BCUT2D eigenvalue weighted by atomic mass is 32.1. The van der Waals surface area contributed by atoms with Crippen molar-refractivity contribution in [1.82, 2.24) is 15.3 Å². The highest BCUT2D eigenvalue weighted by Gasteiger charge is 2.27. The molecule has 3 heterocycles. The first-order chi connectivity index (χ1) is 13.4. The van der Waals surface area contributed by atoms with Crippen LogP contribution in [0, 0.1) is 5.92 Å². The summed E-state index contributed by atoms with van der Waals surface area (Å²) in [4.78, 5) is 26.3. The van der Waals surface area contributed by atoms with Gasteiger partial charge in [-0.2, -0.15) is 0 Å². The van der Waals surface area contributed by atoms with Gasteiger partial charge in [-0.15, -0.1) is 11.3 Å². The first-order valence-corrected chi connectivity index (χ1v) is 11.2. The maximum atomic E-state index is 12.0. The van der Waals surface area contributed by atoms with Crippen molar-refractivity contribution in [2.24, 2.45) is 5.92 Å². The molecular formula is C21H30N4O2S. The van der Waals surface area contributed by atoms with E-state index in [1.807, 2.05) is 32.1 Å². The summed E-state index contributed by atoms with van der Waals surface area (Å²) in [5.74, 6) is 1.49. The summed E-state index contributed by atoms with van der Waals surface area (Å²) in [6.07, 6.45) is 8.47. The van der Waals surface area contributed by atoms with Gasteiger partial charge in [0.05, 0.1) is 5.39 Å². The number of aromatic nitrogens is 2. The number of fused-ring (bicyclic) bond motifs is 3. The Labute approximate surface area is 170 Å². The molecule has 2 aromatic heterocycles. The Hall–Kier alpha value is -1.89. The Balaban J connectivity index is 1.48. The van der Waals surface area contributed by atoms with Crippen LogP contribution in [0.1, 0.15) is 56.9 Å². The number of anilines is 1. The minimum Gasteiger partial charge on any atom is -0.444 e. The number of piperidine rings is 1. The molecule has 2 aromatic rings. The van der Waals surface area contributed by atoms with Gasteiger partial charge in [0.2, 0.25) is 0 Å². The largest absolute Gasteiger partial charge is 0.444 e. The number of nitrogens with one attached hydrogen (secondary N) is 1. The van der Waals surface area contributed by atoms with Gasteiger partial charge in [0.1, 0.15) is 22.6 Å². The van der Waals surface area contributed by atoms with Crippen LogP contribution >= 0.6 is 11.3 Å². The zero-order valence-electron chi connectivity index (χ0n) is 17.1. The van der Waals surface area contributed by atoms with Gasteiger partial charge >= 0.3 is 6.09 Å². The van der Waals surface area contributed by atoms with Crippen LogP contribution in [0.2, 0.25) is 0 Å². The molecule has 0 spiro atoms. The monoisotopic (exact) mass is 402 g/mol. The second-order valence-corrected chi connectivity index (χ2v) is 10.0. The molecule has 0 radical (unpaired) electrons. The topological polar surface area (TPSA) is 67.3 Å². The van der Waals surface area contributed by atoms with E-state index < -0.39 is 5.60 Å². The predicted octanol–water partition coefficient (Wildman–Crippen LogP) is 4.31. The van der Waals surface area contributed by atoms with Gasteiger partial charge in [-0.25, -0.2) is 14.8 Å². The van der Waals surface area contributed by atoms with Gasteiger partial charge in [-0.3, -0.25) is 0 Å². The molecular weight excluding hydrogens is 372 g/mol. The molecule has 0 saturated carbocycles. The van der Waals surface area contributed by atoms with Crippen LogP contribution in [-0.4, -0.2) is 41.3 Å². The first kappa shape index (κ1) is 19.4. The standard InChI is InChI=1S/C21H30N4O2S/c1-21(2,3)27-20(26)22-11-14-7-6-10-25(12-14)18-17-15-8-4-5-9-16(15)28-19(17)24-13-23-18/h13-14H,4-12H2,1-3H3,(H,22,26)/t14-/m0/s1. The maximum Gasteiger partial charge on any atom is 0.407 e. The Bertz CT molecular complexity index is 858. The number of nitrogens with zero attached hydrogens (tertiary/aromatic N) is 3. The number of aryl methyl sites for hydroxylation is 2. The summed E-state index contributed by atoms with van der Waals surface area (Å²) in [5.41, 5.74) is 1.02. The van der Waals surface area contributed by atoms with E-state index in [0.29, 0.717) is 12.5 Å². The van der Waals surface area contributed by atoms with Gasteiger partial charge in [-0.05, 0) is 70.8 Å². The van der Waals surface area contributed by atoms with E-state index in [9.17, 15) is 4.79 Å². The van der Waals surface area contributed by atoms with Crippen molar-refractivity contribution in [2.75, 3.05) is 24.5 Å². The molecule has 1 amide bonds. The summed E-state index contributed by atoms with van der Waals surface area (Å²) >= 11 is 1.85. The van der Waals surface area contributed by atoms with Crippen LogP contribution < -0.4 is 10.2 Å². The van der Waals surface area contributed by atoms with Crippen LogP contribution in [0.4, 0.5) is 10.6 Å². The second kappa shape index (κ2) is 7.85. The third-order valence-electron chi connectivity index (χ3n) is 5.48. The normalized spacial score (nSPS) is 20.1. The fourth-order valence-electron chi connectivity index (χ4n) is 4.28. The van der Waals surface area contributed by atoms with E-state index in [4.69, 9.17) is 9.72 Å². The molecule has 6 nitrogen and oxygen atoms in total. The Morgan fingerprint density at radius 2 is 2.11 bits per heavy atom. The van der Waals surface area contributed by atoms with Crippen molar-refractivity contribution in [2.45, 2.75) is 64.9 Å². The summed E-state index contributed by atoms with van der Waals surface area (Å²) in [5, 5.41) is 4.23. The Morgan fingerprint density at radius 1 is 1.29 bits per heavy atom. The molecule has 1 atom stereocenters. The number of carbonyl (C=O) groups excluding carboxylic acids is 1. The van der Waals surface area contributed by atoms with Crippen molar-refractivity contribution in [1.29, 1.82) is 0 Å². The third-order valence-corrected chi connectivity index (χ3v) is 6.68. The number of ether oxygens (including phenoxy) is 1. The van der Waals surface area contributed by atoms with Gasteiger partial charge in [0, 0.05) is 24.5 Å². The highest BCUT2D eigenvalue weighted by molar-refractivity contribution is 7.19. The van der Waals surface area contributed by atoms with Gasteiger partial charge in [-0.1, -0.05) is 0 Å². The number of carbonyl (C=O) groups is 1. The van der Waals surface area contributed by atoms with Crippen molar-refractivity contribution in [3.05, 3.63) is 16.8 Å². The van der Waals surface area contributed by atoms with Crippen LogP contribution in [0.25, 0.3) is 10.2 Å². The van der Waals surface area contributed by atoms with E-state index in [1.165, 1.54) is 35.1 Å². The highest BCUT2D eigenvalue weighted by Crippen LogP contribution is 2.40. The van der Waals surface area contributed by atoms with Crippen LogP contribution in [0.3, 0.4) is 0 Å². The minimum absolute atomic E-state index is 0.332. The van der Waals surface area contributed by atoms with Crippen molar-refractivity contribution in [3.8, 4) is 0 Å². The molecule has 1 aliphatic carbocycles. The van der Waals surface area contributed by atoms with Gasteiger partial charge in [0.15, 0.2) is 0 Å². The average molecular weight is 403 g/mol. The van der Waals surface area contributed by atoms with Gasteiger partial charge in [0.25, 0.3) is 0 Å². The van der Waals surface area contributed by atoms with Crippen LogP contribution in [0.5, 0.6) is 0 Å². The lowest BCUT2D eigenvalue weighted by Crippen LogP contribution is -2.42. The molecule has 4 rings (SSSR count). The number of hydrogen-bond acceptors (Lipinski definition) is 6. The number of thiophene rings is 1. The molecule has 1 fully saturated rings. The van der Waals surface area contributed by atoms with Crippen LogP contribution in [-0.2, 0) is 17.6 Å². The molecule has 1 aliphatic heterocycles. The fraction of sp³-hybridized carbons (Fsp3) is 0.667. The lowest BCUT2D eigenvalue weighted by atomic mass is 9.95. The fourth-order valence-corrected chi connectivity index (χ4v) is 5.50. The molecule has 28 heavy (non-hydrogen) atoms. The lowest BCUT2D eigenvalue weighted by Gasteiger charge is -2.34. The van der Waals surface area contributed by atoms with E-state index in [1.54, 1.807) is 6.33 Å². The molecule has 152 valence electrons. The molecule has 7 heteroatoms. The third kappa shape index (κ3) is 4.24. The Kier molecular flexibility index (Phi) is 5.45. The smallest absolute Gasteiger partial charge is 0.407 e. The zero-order valence-corrected chi connectivity index (χ0v) is 17.9. The van der Waals surface area contributed by atoms with E-state index in [-0.39, 0.29) is 6.09 Å². The summed E-state index contributed by atoms with van der Waals surface area (Å²) in [7, 11) is 0. The van der Waals surface area contributed by atoms with Crippen molar-refractivity contribution >= 4 is 33.5 Å². The molecule has 0 unspecified atom stereocenters. The van der Waals surface area contributed by atoms with E-state index in [0.717, 1.165) is 43.0 Å². The van der Waals surface area contributed by atoms with Gasteiger partial charge < -0.3 is 15.0 Å². The van der Waals surface area contributed by atoms with E-state index in [2.05, 4.69) is 15.2 Å². The number of amides is 1. The molecule has 1 N–H and O–H groups in total. The average Bonchev–Trinajstić information content (AvgIpc) is 3.04. The summed E-state index contributed by atoms with van der Waals surface area (Å²) in [6, 6.07) is 0. The minimum atomic E-state index is -0.465. The number of hydrogen-bond donors (Lipinski definition) is 1. The molecule has 2 aliphatic rings. The van der Waals surface area contributed by atoms with Crippen LogP contribution in [0.15, 0.2) is 6.33 Å². The SMILES string of the molecule is CC(C)(C)OC(=O)NC[C@@H]1CCCN(c2ncnc3sc4c(c23)CCCC4)C1.